The third-order valence-corrected chi connectivity index (χ3v) is 3.96. The van der Waals surface area contributed by atoms with Gasteiger partial charge in [0.2, 0.25) is 10.0 Å². The highest BCUT2D eigenvalue weighted by molar-refractivity contribution is 7.90. The van der Waals surface area contributed by atoms with E-state index in [2.05, 4.69) is 16.8 Å². The van der Waals surface area contributed by atoms with Gasteiger partial charge in [0.15, 0.2) is 5.69 Å². The van der Waals surface area contributed by atoms with Gasteiger partial charge < -0.3 is 4.74 Å². The minimum atomic E-state index is -3.74. The summed E-state index contributed by atoms with van der Waals surface area (Å²) in [6.07, 6.45) is 3.23. The molecule has 1 aromatic heterocycles. The number of nitrogens with zero attached hydrogens (tertiary/aromatic N) is 2. The molecule has 1 saturated carbocycles. The maximum absolute atomic E-state index is 11.8. The molecule has 0 saturated heterocycles. The van der Waals surface area contributed by atoms with Crippen molar-refractivity contribution in [2.45, 2.75) is 18.8 Å². The van der Waals surface area contributed by atoms with Crippen molar-refractivity contribution in [1.82, 2.24) is 14.9 Å². The summed E-state index contributed by atoms with van der Waals surface area (Å²) in [6, 6.07) is 1.40. The van der Waals surface area contributed by atoms with Crippen molar-refractivity contribution < 1.29 is 17.9 Å². The van der Waals surface area contributed by atoms with Gasteiger partial charge in [-0.05, 0) is 12.8 Å². The Morgan fingerprint density at radius 3 is 2.80 bits per heavy atom. The first-order valence-electron chi connectivity index (χ1n) is 6.04. The van der Waals surface area contributed by atoms with Gasteiger partial charge in [-0.1, -0.05) is 6.08 Å². The topological polar surface area (TPSA) is 98.2 Å². The smallest absolute Gasteiger partial charge is 0.285 e. The van der Waals surface area contributed by atoms with Crippen molar-refractivity contribution in [2.75, 3.05) is 12.9 Å². The van der Waals surface area contributed by atoms with E-state index >= 15 is 0 Å². The summed E-state index contributed by atoms with van der Waals surface area (Å²) in [5.74, 6) is -0.406. The molecule has 1 aromatic rings. The highest BCUT2D eigenvalue weighted by Crippen LogP contribution is 2.42. The molecule has 0 bridgehead atoms. The Morgan fingerprint density at radius 2 is 2.25 bits per heavy atom. The van der Waals surface area contributed by atoms with Gasteiger partial charge in [-0.15, -0.1) is 11.7 Å². The molecule has 0 unspecified atom stereocenters. The van der Waals surface area contributed by atoms with Gasteiger partial charge in [-0.25, -0.2) is 13.1 Å². The molecule has 108 valence electrons. The largest absolute Gasteiger partial charge is 0.495 e. The second-order valence-corrected chi connectivity index (χ2v) is 6.23. The lowest BCUT2D eigenvalue weighted by molar-refractivity contribution is 0.0975. The Bertz CT molecular complexity index is 638. The van der Waals surface area contributed by atoms with Crippen molar-refractivity contribution in [3.63, 3.8) is 0 Å². The zero-order valence-corrected chi connectivity index (χ0v) is 11.8. The fourth-order valence-corrected chi connectivity index (χ4v) is 2.47. The number of amides is 1. The molecular formula is C12H15N3O4S. The monoisotopic (exact) mass is 297 g/mol. The van der Waals surface area contributed by atoms with Crippen molar-refractivity contribution in [2.24, 2.45) is 0 Å². The highest BCUT2D eigenvalue weighted by atomic mass is 32.2. The number of carbonyl (C=O) groups is 1. The summed E-state index contributed by atoms with van der Waals surface area (Å²) in [7, 11) is -2.27. The highest BCUT2D eigenvalue weighted by Gasteiger charge is 2.30. The standard InChI is InChI=1S/C12H15N3O4S/c1-3-6-20(17,18)15-12(16)9-7-10(19-2)11(14-13-9)8-4-5-8/h3,7-8H,1,4-6H2,2H3,(H,15,16). The fourth-order valence-electron chi connectivity index (χ4n) is 1.69. The van der Waals surface area contributed by atoms with Crippen molar-refractivity contribution in [1.29, 1.82) is 0 Å². The van der Waals surface area contributed by atoms with Crippen LogP contribution >= 0.6 is 0 Å². The Kier molecular flexibility index (Phi) is 4.03. The number of hydrogen-bond donors (Lipinski definition) is 1. The molecule has 0 aromatic carbocycles. The minimum absolute atomic E-state index is 0.0983. The molecule has 20 heavy (non-hydrogen) atoms. The van der Waals surface area contributed by atoms with Gasteiger partial charge in [0, 0.05) is 12.0 Å². The average Bonchev–Trinajstić information content (AvgIpc) is 3.21. The number of sulfonamides is 1. The van der Waals surface area contributed by atoms with Crippen LogP contribution in [0.2, 0.25) is 0 Å². The first-order valence-corrected chi connectivity index (χ1v) is 7.69. The van der Waals surface area contributed by atoms with Crippen LogP contribution in [-0.2, 0) is 10.0 Å². The normalized spacial score (nSPS) is 14.7. The Morgan fingerprint density at radius 1 is 1.55 bits per heavy atom. The summed E-state index contributed by atoms with van der Waals surface area (Å²) in [4.78, 5) is 11.8. The molecule has 0 spiro atoms. The van der Waals surface area contributed by atoms with Crippen LogP contribution in [0.15, 0.2) is 18.7 Å². The predicted octanol–water partition coefficient (Wildman–Crippen LogP) is 0.608. The molecule has 0 aliphatic heterocycles. The van der Waals surface area contributed by atoms with E-state index < -0.39 is 15.9 Å². The Balaban J connectivity index is 2.20. The number of nitrogens with one attached hydrogen (secondary N) is 1. The van der Waals surface area contributed by atoms with E-state index in [9.17, 15) is 13.2 Å². The third-order valence-electron chi connectivity index (χ3n) is 2.79. The van der Waals surface area contributed by atoms with E-state index in [4.69, 9.17) is 4.74 Å². The molecule has 2 rings (SSSR count). The predicted molar refractivity (Wildman–Crippen MR) is 72.0 cm³/mol. The van der Waals surface area contributed by atoms with E-state index in [1.54, 1.807) is 0 Å². The van der Waals surface area contributed by atoms with Gasteiger partial charge in [-0.2, -0.15) is 5.10 Å². The lowest BCUT2D eigenvalue weighted by Crippen LogP contribution is -2.32. The van der Waals surface area contributed by atoms with Gasteiger partial charge in [0.1, 0.15) is 11.4 Å². The lowest BCUT2D eigenvalue weighted by atomic mass is 10.2. The van der Waals surface area contributed by atoms with Crippen LogP contribution in [0.3, 0.4) is 0 Å². The maximum Gasteiger partial charge on any atom is 0.285 e. The molecule has 7 nitrogen and oxygen atoms in total. The minimum Gasteiger partial charge on any atom is -0.495 e. The van der Waals surface area contributed by atoms with Crippen LogP contribution in [-0.4, -0.2) is 37.4 Å². The van der Waals surface area contributed by atoms with Crippen LogP contribution < -0.4 is 9.46 Å². The summed E-state index contributed by atoms with van der Waals surface area (Å²) in [5, 5.41) is 7.72. The number of ether oxygens (including phenoxy) is 1. The molecule has 1 aliphatic rings. The second kappa shape index (κ2) is 5.58. The summed E-state index contributed by atoms with van der Waals surface area (Å²) in [6.45, 7) is 3.31. The molecule has 0 radical (unpaired) electrons. The zero-order chi connectivity index (χ0) is 14.8. The van der Waals surface area contributed by atoms with Crippen LogP contribution in [0.25, 0.3) is 0 Å². The Labute approximate surface area is 117 Å². The summed E-state index contributed by atoms with van der Waals surface area (Å²) in [5.41, 5.74) is 0.608. The number of carbonyl (C=O) groups excluding carboxylic acids is 1. The quantitative estimate of drug-likeness (QED) is 0.772. The first kappa shape index (κ1) is 14.4. The molecule has 1 aliphatic carbocycles. The second-order valence-electron chi connectivity index (χ2n) is 4.46. The molecule has 1 fully saturated rings. The number of hydrogen-bond acceptors (Lipinski definition) is 6. The molecule has 8 heteroatoms. The molecule has 1 heterocycles. The van der Waals surface area contributed by atoms with Gasteiger partial charge in [0.25, 0.3) is 5.91 Å². The van der Waals surface area contributed by atoms with E-state index in [1.807, 2.05) is 4.72 Å². The van der Waals surface area contributed by atoms with Crippen LogP contribution in [0.4, 0.5) is 0 Å². The van der Waals surface area contributed by atoms with E-state index in [1.165, 1.54) is 19.3 Å². The number of rotatable bonds is 6. The van der Waals surface area contributed by atoms with Crippen LogP contribution in [0.5, 0.6) is 5.75 Å². The molecular weight excluding hydrogens is 282 g/mol. The average molecular weight is 297 g/mol. The van der Waals surface area contributed by atoms with Crippen molar-refractivity contribution in [3.05, 3.63) is 30.1 Å². The summed E-state index contributed by atoms with van der Waals surface area (Å²) < 4.78 is 30.0. The maximum atomic E-state index is 11.8. The van der Waals surface area contributed by atoms with Gasteiger partial charge in [-0.3, -0.25) is 4.79 Å². The molecule has 0 atom stereocenters. The van der Waals surface area contributed by atoms with Gasteiger partial charge in [0.05, 0.1) is 12.9 Å². The first-order chi connectivity index (χ1) is 9.46. The summed E-state index contributed by atoms with van der Waals surface area (Å²) >= 11 is 0. The lowest BCUT2D eigenvalue weighted by Gasteiger charge is -2.08. The van der Waals surface area contributed by atoms with Crippen molar-refractivity contribution in [3.8, 4) is 5.75 Å². The fraction of sp³-hybridized carbons (Fsp3) is 0.417. The number of methoxy groups -OCH3 is 1. The van der Waals surface area contributed by atoms with Crippen LogP contribution in [0.1, 0.15) is 34.9 Å². The third kappa shape index (κ3) is 3.32. The SMILES string of the molecule is C=CCS(=O)(=O)NC(=O)c1cc(OC)c(C2CC2)nn1. The van der Waals surface area contributed by atoms with Crippen LogP contribution in [0, 0.1) is 0 Å². The molecule has 1 N–H and O–H groups in total. The van der Waals surface area contributed by atoms with Crippen molar-refractivity contribution >= 4 is 15.9 Å². The zero-order valence-electron chi connectivity index (χ0n) is 11.0. The van der Waals surface area contributed by atoms with E-state index in [0.717, 1.165) is 12.8 Å². The van der Waals surface area contributed by atoms with E-state index in [-0.39, 0.29) is 11.4 Å². The van der Waals surface area contributed by atoms with E-state index in [0.29, 0.717) is 17.4 Å². The number of aromatic nitrogens is 2. The van der Waals surface area contributed by atoms with Gasteiger partial charge >= 0.3 is 0 Å². The Hall–Kier alpha value is -1.96. The molecule has 1 amide bonds.